The van der Waals surface area contributed by atoms with Gasteiger partial charge in [-0.05, 0) is 25.3 Å². The van der Waals surface area contributed by atoms with Crippen LogP contribution in [-0.4, -0.2) is 23.9 Å². The van der Waals surface area contributed by atoms with Crippen molar-refractivity contribution in [3.05, 3.63) is 35.9 Å². The maximum Gasteiger partial charge on any atom is 0.247 e. The highest BCUT2D eigenvalue weighted by atomic mass is 16.2. The molecule has 0 saturated heterocycles. The third-order valence-electron chi connectivity index (χ3n) is 3.01. The van der Waals surface area contributed by atoms with E-state index >= 15 is 0 Å². The van der Waals surface area contributed by atoms with Gasteiger partial charge in [0.05, 0.1) is 0 Å². The van der Waals surface area contributed by atoms with Crippen molar-refractivity contribution < 1.29 is 9.59 Å². The average Bonchev–Trinajstić information content (AvgIpc) is 2.41. The summed E-state index contributed by atoms with van der Waals surface area (Å²) in [5, 5.41) is 5.61. The van der Waals surface area contributed by atoms with Crippen molar-refractivity contribution in [3.63, 3.8) is 0 Å². The summed E-state index contributed by atoms with van der Waals surface area (Å²) in [7, 11) is 0. The van der Waals surface area contributed by atoms with Crippen molar-refractivity contribution in [2.24, 2.45) is 11.7 Å². The van der Waals surface area contributed by atoms with E-state index in [2.05, 4.69) is 10.6 Å². The van der Waals surface area contributed by atoms with E-state index in [1.165, 1.54) is 0 Å². The summed E-state index contributed by atoms with van der Waals surface area (Å²) < 4.78 is 0. The molecule has 1 aromatic carbocycles. The second kappa shape index (κ2) is 7.94. The Kier molecular flexibility index (Phi) is 6.56. The lowest BCUT2D eigenvalue weighted by molar-refractivity contribution is -0.129. The van der Waals surface area contributed by atoms with Crippen LogP contribution in [0.1, 0.15) is 45.7 Å². The van der Waals surface area contributed by atoms with Crippen molar-refractivity contribution in [1.82, 2.24) is 10.6 Å². The third kappa shape index (κ3) is 6.72. The van der Waals surface area contributed by atoms with Crippen molar-refractivity contribution in [2.75, 3.05) is 6.54 Å². The molecule has 0 aliphatic carbocycles. The molecule has 0 aromatic heterocycles. The summed E-state index contributed by atoms with van der Waals surface area (Å²) in [6, 6.07) is 8.52. The largest absolute Gasteiger partial charge is 0.352 e. The van der Waals surface area contributed by atoms with Crippen molar-refractivity contribution in [2.45, 2.75) is 45.7 Å². The van der Waals surface area contributed by atoms with Crippen LogP contribution >= 0.6 is 0 Å². The molecular formula is C17H27N3O2. The van der Waals surface area contributed by atoms with E-state index in [0.29, 0.717) is 13.0 Å². The highest BCUT2D eigenvalue weighted by Crippen LogP contribution is 2.14. The lowest BCUT2D eigenvalue weighted by Crippen LogP contribution is -2.48. The van der Waals surface area contributed by atoms with Gasteiger partial charge in [-0.15, -0.1) is 0 Å². The Bertz CT molecular complexity index is 492. The second-order valence-electron chi connectivity index (χ2n) is 6.72. The zero-order chi connectivity index (χ0) is 16.8. The quantitative estimate of drug-likeness (QED) is 0.717. The molecule has 0 heterocycles. The Hall–Kier alpha value is -1.88. The molecule has 0 fully saturated rings. The van der Waals surface area contributed by atoms with Crippen LogP contribution in [0.5, 0.6) is 0 Å². The van der Waals surface area contributed by atoms with Crippen LogP contribution in [0.25, 0.3) is 0 Å². The smallest absolute Gasteiger partial charge is 0.247 e. The minimum Gasteiger partial charge on any atom is -0.352 e. The zero-order valence-corrected chi connectivity index (χ0v) is 13.8. The van der Waals surface area contributed by atoms with E-state index in [1.54, 1.807) is 0 Å². The number of nitrogens with one attached hydrogen (secondary N) is 2. The second-order valence-corrected chi connectivity index (χ2v) is 6.72. The molecule has 0 radical (unpaired) electrons. The molecule has 1 rings (SSSR count). The highest BCUT2D eigenvalue weighted by Gasteiger charge is 2.24. The predicted octanol–water partition coefficient (Wildman–Crippen LogP) is 1.74. The van der Waals surface area contributed by atoms with Gasteiger partial charge in [-0.3, -0.25) is 9.59 Å². The number of benzene rings is 1. The van der Waals surface area contributed by atoms with Gasteiger partial charge in [0.1, 0.15) is 6.04 Å². The topological polar surface area (TPSA) is 84.2 Å². The fraction of sp³-hybridized carbons (Fsp3) is 0.529. The summed E-state index contributed by atoms with van der Waals surface area (Å²) in [6.07, 6.45) is 0.388. The molecule has 1 aromatic rings. The van der Waals surface area contributed by atoms with Gasteiger partial charge in [0.15, 0.2) is 0 Å². The number of hydrogen-bond acceptors (Lipinski definition) is 3. The van der Waals surface area contributed by atoms with Crippen molar-refractivity contribution >= 4 is 11.8 Å². The van der Waals surface area contributed by atoms with Crippen LogP contribution in [0, 0.1) is 5.92 Å². The Morgan fingerprint density at radius 3 is 2.27 bits per heavy atom. The van der Waals surface area contributed by atoms with E-state index in [-0.39, 0.29) is 17.7 Å². The van der Waals surface area contributed by atoms with Crippen LogP contribution in [-0.2, 0) is 9.59 Å². The first-order chi connectivity index (χ1) is 10.2. The first kappa shape index (κ1) is 18.2. The van der Waals surface area contributed by atoms with Gasteiger partial charge in [0.25, 0.3) is 0 Å². The molecule has 4 N–H and O–H groups in total. The summed E-state index contributed by atoms with van der Waals surface area (Å²) >= 11 is 0. The normalized spacial score (nSPS) is 12.8. The Labute approximate surface area is 132 Å². The van der Waals surface area contributed by atoms with Crippen LogP contribution in [0.15, 0.2) is 30.3 Å². The molecule has 0 aliphatic rings. The third-order valence-corrected chi connectivity index (χ3v) is 3.01. The van der Waals surface area contributed by atoms with E-state index in [1.807, 2.05) is 58.0 Å². The van der Waals surface area contributed by atoms with Crippen LogP contribution in [0.2, 0.25) is 0 Å². The SMILES string of the molecule is CC(C)CC(=O)NC(C(=O)NCC(C)(C)N)c1ccccc1. The molecule has 5 nitrogen and oxygen atoms in total. The number of carbonyl (C=O) groups excluding carboxylic acids is 2. The lowest BCUT2D eigenvalue weighted by Gasteiger charge is -2.23. The van der Waals surface area contributed by atoms with Crippen LogP contribution in [0.3, 0.4) is 0 Å². The number of hydrogen-bond donors (Lipinski definition) is 3. The van der Waals surface area contributed by atoms with E-state index < -0.39 is 11.6 Å². The van der Waals surface area contributed by atoms with E-state index in [0.717, 1.165) is 5.56 Å². The molecule has 122 valence electrons. The molecule has 22 heavy (non-hydrogen) atoms. The monoisotopic (exact) mass is 305 g/mol. The maximum absolute atomic E-state index is 12.4. The Morgan fingerprint density at radius 1 is 1.18 bits per heavy atom. The minimum absolute atomic E-state index is 0.133. The van der Waals surface area contributed by atoms with Gasteiger partial charge in [-0.25, -0.2) is 0 Å². The van der Waals surface area contributed by atoms with E-state index in [4.69, 9.17) is 5.73 Å². The lowest BCUT2D eigenvalue weighted by atomic mass is 10.0. The molecule has 2 amide bonds. The average molecular weight is 305 g/mol. The minimum atomic E-state index is -0.699. The first-order valence-electron chi connectivity index (χ1n) is 7.60. The molecular weight excluding hydrogens is 278 g/mol. The first-order valence-corrected chi connectivity index (χ1v) is 7.60. The molecule has 0 bridgehead atoms. The highest BCUT2D eigenvalue weighted by molar-refractivity contribution is 5.88. The van der Waals surface area contributed by atoms with Crippen LogP contribution in [0.4, 0.5) is 0 Å². The zero-order valence-electron chi connectivity index (χ0n) is 13.8. The standard InChI is InChI=1S/C17H27N3O2/c1-12(2)10-14(21)20-15(13-8-6-5-7-9-13)16(22)19-11-17(3,4)18/h5-9,12,15H,10-11,18H2,1-4H3,(H,19,22)(H,20,21). The van der Waals surface area contributed by atoms with Crippen molar-refractivity contribution in [1.29, 1.82) is 0 Å². The Balaban J connectivity index is 2.83. The number of rotatable bonds is 7. The van der Waals surface area contributed by atoms with Crippen LogP contribution < -0.4 is 16.4 Å². The summed E-state index contributed by atoms with van der Waals surface area (Å²) in [5.41, 5.74) is 6.14. The molecule has 1 unspecified atom stereocenters. The van der Waals surface area contributed by atoms with Gasteiger partial charge in [0, 0.05) is 18.5 Å². The fourth-order valence-electron chi connectivity index (χ4n) is 1.95. The number of carbonyl (C=O) groups is 2. The summed E-state index contributed by atoms with van der Waals surface area (Å²) in [6.45, 7) is 7.95. The van der Waals surface area contributed by atoms with Gasteiger partial charge in [-0.2, -0.15) is 0 Å². The predicted molar refractivity (Wildman–Crippen MR) is 88.1 cm³/mol. The summed E-state index contributed by atoms with van der Waals surface area (Å²) in [4.78, 5) is 24.5. The molecule has 1 atom stereocenters. The molecule has 0 spiro atoms. The van der Waals surface area contributed by atoms with Gasteiger partial charge < -0.3 is 16.4 Å². The number of nitrogens with two attached hydrogens (primary N) is 1. The maximum atomic E-state index is 12.4. The fourth-order valence-corrected chi connectivity index (χ4v) is 1.95. The van der Waals surface area contributed by atoms with E-state index in [9.17, 15) is 9.59 Å². The van der Waals surface area contributed by atoms with Gasteiger partial charge >= 0.3 is 0 Å². The molecule has 0 aliphatic heterocycles. The number of amides is 2. The van der Waals surface area contributed by atoms with Crippen molar-refractivity contribution in [3.8, 4) is 0 Å². The molecule has 0 saturated carbocycles. The Morgan fingerprint density at radius 2 is 1.77 bits per heavy atom. The molecule has 5 heteroatoms. The summed E-state index contributed by atoms with van der Waals surface area (Å²) in [5.74, 6) is -0.143. The van der Waals surface area contributed by atoms with Gasteiger partial charge in [0.2, 0.25) is 11.8 Å². The van der Waals surface area contributed by atoms with Gasteiger partial charge in [-0.1, -0.05) is 44.2 Å².